The van der Waals surface area contributed by atoms with Gasteiger partial charge in [-0.3, -0.25) is 9.59 Å². The molecule has 30 heavy (non-hydrogen) atoms. The fourth-order valence-electron chi connectivity index (χ4n) is 3.81. The Morgan fingerprint density at radius 3 is 2.57 bits per heavy atom. The number of nitrogens with one attached hydrogen (secondary N) is 3. The van der Waals surface area contributed by atoms with E-state index in [9.17, 15) is 14.4 Å². The van der Waals surface area contributed by atoms with Crippen LogP contribution in [0.15, 0.2) is 18.2 Å². The van der Waals surface area contributed by atoms with Crippen molar-refractivity contribution in [3.05, 3.63) is 23.9 Å². The van der Waals surface area contributed by atoms with Crippen LogP contribution < -0.4 is 20.7 Å². The molecule has 0 unspecified atom stereocenters. The second-order valence-electron chi connectivity index (χ2n) is 7.39. The molecule has 3 rings (SSSR count). The van der Waals surface area contributed by atoms with Crippen molar-refractivity contribution in [1.82, 2.24) is 4.98 Å². The van der Waals surface area contributed by atoms with E-state index in [4.69, 9.17) is 15.2 Å². The first-order valence-corrected chi connectivity index (χ1v) is 10.3. The van der Waals surface area contributed by atoms with E-state index in [-0.39, 0.29) is 36.6 Å². The molecule has 1 saturated heterocycles. The maximum absolute atomic E-state index is 12.8. The average molecular weight is 417 g/mol. The second kappa shape index (κ2) is 9.62. The number of primary amides is 1. The largest absolute Gasteiger partial charge is 0.494 e. The van der Waals surface area contributed by atoms with Gasteiger partial charge in [-0.25, -0.2) is 4.79 Å². The summed E-state index contributed by atoms with van der Waals surface area (Å²) in [6.07, 6.45) is 1.35. The first kappa shape index (κ1) is 21.6. The molecule has 2 aromatic rings. The van der Waals surface area contributed by atoms with Crippen molar-refractivity contribution in [3.8, 4) is 5.75 Å². The monoisotopic (exact) mass is 417 g/mol. The molecule has 5 N–H and O–H groups in total. The number of benzene rings is 1. The first-order chi connectivity index (χ1) is 14.4. The molecule has 1 fully saturated rings. The molecule has 0 aliphatic carbocycles. The predicted octanol–water partition coefficient (Wildman–Crippen LogP) is 0.462. The SMILES string of the molecule is CCOC(=O)c1[nH]c2ccc(OCC)cc2c1NC(=O)C[NH+]1CCC(C(N)=O)CC1. The van der Waals surface area contributed by atoms with Crippen LogP contribution in [0.4, 0.5) is 5.69 Å². The minimum atomic E-state index is -0.531. The molecule has 0 radical (unpaired) electrons. The van der Waals surface area contributed by atoms with Gasteiger partial charge in [0.25, 0.3) is 5.91 Å². The molecule has 1 aromatic heterocycles. The van der Waals surface area contributed by atoms with Gasteiger partial charge < -0.3 is 30.4 Å². The highest BCUT2D eigenvalue weighted by Gasteiger charge is 2.28. The molecule has 1 aromatic carbocycles. The number of aromatic amines is 1. The Balaban J connectivity index is 1.79. The lowest BCUT2D eigenvalue weighted by Crippen LogP contribution is -3.14. The first-order valence-electron chi connectivity index (χ1n) is 10.3. The van der Waals surface area contributed by atoms with Crippen molar-refractivity contribution < 1.29 is 28.8 Å². The van der Waals surface area contributed by atoms with Gasteiger partial charge in [-0.05, 0) is 32.0 Å². The summed E-state index contributed by atoms with van der Waals surface area (Å²) in [7, 11) is 0. The number of nitrogens with two attached hydrogens (primary N) is 1. The Labute approximate surface area is 174 Å². The molecule has 2 heterocycles. The zero-order chi connectivity index (χ0) is 21.7. The van der Waals surface area contributed by atoms with Gasteiger partial charge >= 0.3 is 5.97 Å². The number of amides is 2. The lowest BCUT2D eigenvalue weighted by Gasteiger charge is -2.27. The van der Waals surface area contributed by atoms with Crippen molar-refractivity contribution in [2.24, 2.45) is 11.7 Å². The van der Waals surface area contributed by atoms with Crippen molar-refractivity contribution in [2.45, 2.75) is 26.7 Å². The molecular formula is C21H29N4O5+. The number of fused-ring (bicyclic) bond motifs is 1. The summed E-state index contributed by atoms with van der Waals surface area (Å²) in [5, 5.41) is 3.56. The van der Waals surface area contributed by atoms with Gasteiger partial charge in [-0.2, -0.15) is 0 Å². The third-order valence-corrected chi connectivity index (χ3v) is 5.33. The van der Waals surface area contributed by atoms with Crippen molar-refractivity contribution in [3.63, 3.8) is 0 Å². The van der Waals surface area contributed by atoms with Gasteiger partial charge in [-0.1, -0.05) is 0 Å². The summed E-state index contributed by atoms with van der Waals surface area (Å²) in [6.45, 7) is 5.99. The Morgan fingerprint density at radius 2 is 1.93 bits per heavy atom. The lowest BCUT2D eigenvalue weighted by atomic mass is 9.96. The van der Waals surface area contributed by atoms with Crippen LogP contribution in [0, 0.1) is 5.92 Å². The van der Waals surface area contributed by atoms with Gasteiger partial charge in [-0.15, -0.1) is 0 Å². The van der Waals surface area contributed by atoms with E-state index >= 15 is 0 Å². The molecule has 0 atom stereocenters. The number of quaternary nitrogens is 1. The number of piperidine rings is 1. The Kier molecular flexibility index (Phi) is 6.94. The van der Waals surface area contributed by atoms with Crippen molar-refractivity contribution in [2.75, 3.05) is 38.2 Å². The maximum Gasteiger partial charge on any atom is 0.356 e. The molecule has 0 saturated carbocycles. The lowest BCUT2D eigenvalue weighted by molar-refractivity contribution is -0.897. The maximum atomic E-state index is 12.8. The quantitative estimate of drug-likeness (QED) is 0.464. The van der Waals surface area contributed by atoms with E-state index in [1.54, 1.807) is 25.1 Å². The molecule has 1 aliphatic heterocycles. The fourth-order valence-corrected chi connectivity index (χ4v) is 3.81. The van der Waals surface area contributed by atoms with Crippen LogP contribution in [0.3, 0.4) is 0 Å². The highest BCUT2D eigenvalue weighted by Crippen LogP contribution is 2.31. The summed E-state index contributed by atoms with van der Waals surface area (Å²) in [4.78, 5) is 40.6. The summed E-state index contributed by atoms with van der Waals surface area (Å²) < 4.78 is 10.7. The number of likely N-dealkylation sites (tertiary alicyclic amines) is 1. The van der Waals surface area contributed by atoms with Crippen LogP contribution in [-0.2, 0) is 14.3 Å². The summed E-state index contributed by atoms with van der Waals surface area (Å²) in [5.41, 5.74) is 6.67. The van der Waals surface area contributed by atoms with Crippen molar-refractivity contribution in [1.29, 1.82) is 0 Å². The number of hydrogen-bond acceptors (Lipinski definition) is 5. The fraction of sp³-hybridized carbons (Fsp3) is 0.476. The number of esters is 1. The zero-order valence-corrected chi connectivity index (χ0v) is 17.4. The average Bonchev–Trinajstić information content (AvgIpc) is 3.06. The summed E-state index contributed by atoms with van der Waals surface area (Å²) in [5.74, 6) is -0.485. The van der Waals surface area contributed by atoms with Gasteiger partial charge in [0.05, 0.1) is 32.0 Å². The van der Waals surface area contributed by atoms with Crippen molar-refractivity contribution >= 4 is 34.4 Å². The molecule has 9 heteroatoms. The van der Waals surface area contributed by atoms with E-state index in [0.29, 0.717) is 54.9 Å². The molecule has 162 valence electrons. The predicted molar refractivity (Wildman–Crippen MR) is 112 cm³/mol. The number of hydrogen-bond donors (Lipinski definition) is 4. The van der Waals surface area contributed by atoms with Crippen LogP contribution in [0.2, 0.25) is 0 Å². The summed E-state index contributed by atoms with van der Waals surface area (Å²) >= 11 is 0. The minimum Gasteiger partial charge on any atom is -0.494 e. The van der Waals surface area contributed by atoms with Crippen LogP contribution in [0.25, 0.3) is 10.9 Å². The van der Waals surface area contributed by atoms with E-state index in [1.807, 2.05) is 6.92 Å². The smallest absolute Gasteiger partial charge is 0.356 e. The topological polar surface area (TPSA) is 128 Å². The molecule has 2 amide bonds. The number of ether oxygens (including phenoxy) is 2. The highest BCUT2D eigenvalue weighted by atomic mass is 16.5. The van der Waals surface area contributed by atoms with E-state index in [0.717, 1.165) is 4.90 Å². The standard InChI is InChI=1S/C21H28N4O5/c1-3-29-14-5-6-16-15(11-14)18(19(23-16)21(28)30-4-2)24-17(26)12-25-9-7-13(8-10-25)20(22)27/h5-6,11,13,23H,3-4,7-10,12H2,1-2H3,(H2,22,27)(H,24,26)/p+1. The normalized spacial score (nSPS) is 18.7. The molecule has 0 spiro atoms. The molecule has 9 nitrogen and oxygen atoms in total. The van der Waals surface area contributed by atoms with Crippen LogP contribution in [0.5, 0.6) is 5.75 Å². The third-order valence-electron chi connectivity index (χ3n) is 5.33. The minimum absolute atomic E-state index is 0.113. The van der Waals surface area contributed by atoms with Gasteiger partial charge in [0.2, 0.25) is 5.91 Å². The number of H-pyrrole nitrogens is 1. The number of carbonyl (C=O) groups excluding carboxylic acids is 3. The van der Waals surface area contributed by atoms with E-state index in [1.165, 1.54) is 0 Å². The molecule has 0 bridgehead atoms. The Bertz CT molecular complexity index is 931. The zero-order valence-electron chi connectivity index (χ0n) is 17.4. The van der Waals surface area contributed by atoms with E-state index in [2.05, 4.69) is 10.3 Å². The number of anilines is 1. The Morgan fingerprint density at radius 1 is 1.20 bits per heavy atom. The molecular weight excluding hydrogens is 388 g/mol. The third kappa shape index (κ3) is 4.91. The number of aromatic nitrogens is 1. The number of carbonyl (C=O) groups is 3. The highest BCUT2D eigenvalue weighted by molar-refractivity contribution is 6.11. The van der Waals surface area contributed by atoms with Gasteiger partial charge in [0.15, 0.2) is 6.54 Å². The molecule has 1 aliphatic rings. The Hall–Kier alpha value is -3.07. The van der Waals surface area contributed by atoms with Crippen LogP contribution in [0.1, 0.15) is 37.2 Å². The van der Waals surface area contributed by atoms with E-state index < -0.39 is 5.97 Å². The summed E-state index contributed by atoms with van der Waals surface area (Å²) in [6, 6.07) is 5.40. The second-order valence-corrected chi connectivity index (χ2v) is 7.39. The van der Waals surface area contributed by atoms with Gasteiger partial charge in [0, 0.05) is 29.7 Å². The van der Waals surface area contributed by atoms with Crippen LogP contribution >= 0.6 is 0 Å². The van der Waals surface area contributed by atoms with Gasteiger partial charge in [0.1, 0.15) is 11.4 Å². The number of rotatable bonds is 8. The van der Waals surface area contributed by atoms with Crippen LogP contribution in [-0.4, -0.2) is 55.6 Å².